The van der Waals surface area contributed by atoms with Crippen LogP contribution in [-0.2, 0) is 0 Å². The zero-order valence-corrected chi connectivity index (χ0v) is 10.6. The van der Waals surface area contributed by atoms with Crippen molar-refractivity contribution >= 4 is 11.8 Å². The van der Waals surface area contributed by atoms with Gasteiger partial charge in [0.1, 0.15) is 4.75 Å². The maximum absolute atomic E-state index is 9.18. The van der Waals surface area contributed by atoms with Crippen LogP contribution in [-0.4, -0.2) is 10.5 Å². The minimum atomic E-state index is -0.0338. The van der Waals surface area contributed by atoms with E-state index in [9.17, 15) is 5.26 Å². The van der Waals surface area contributed by atoms with E-state index < -0.39 is 0 Å². The number of nitriles is 1. The maximum atomic E-state index is 9.18. The molecule has 0 aromatic rings. The summed E-state index contributed by atoms with van der Waals surface area (Å²) in [7, 11) is 0. The van der Waals surface area contributed by atoms with E-state index in [1.165, 1.54) is 6.42 Å². The molecule has 0 bridgehead atoms. The summed E-state index contributed by atoms with van der Waals surface area (Å²) >= 11 is 1.87. The third-order valence-corrected chi connectivity index (χ3v) is 4.75. The highest BCUT2D eigenvalue weighted by atomic mass is 32.2. The lowest BCUT2D eigenvalue weighted by Crippen LogP contribution is -2.45. The van der Waals surface area contributed by atoms with E-state index in [2.05, 4.69) is 33.8 Å². The standard InChI is InChI=1S/C12H21NS/c1-5-6-14-12(9-13)7-10(8-12)11(2,3)4/h10H,5-8H2,1-4H3. The van der Waals surface area contributed by atoms with Gasteiger partial charge in [0.2, 0.25) is 0 Å². The molecule has 1 nitrogen and oxygen atoms in total. The highest BCUT2D eigenvalue weighted by molar-refractivity contribution is 8.00. The van der Waals surface area contributed by atoms with Crippen molar-refractivity contribution in [2.75, 3.05) is 5.75 Å². The fourth-order valence-electron chi connectivity index (χ4n) is 1.89. The molecule has 0 aromatic carbocycles. The lowest BCUT2D eigenvalue weighted by atomic mass is 9.63. The first-order valence-corrected chi connectivity index (χ1v) is 6.47. The normalized spacial score (nSPS) is 32.1. The molecule has 0 aromatic heterocycles. The second kappa shape index (κ2) is 4.14. The fourth-order valence-corrected chi connectivity index (χ4v) is 3.18. The predicted molar refractivity (Wildman–Crippen MR) is 63.3 cm³/mol. The van der Waals surface area contributed by atoms with Crippen LogP contribution in [0.5, 0.6) is 0 Å². The van der Waals surface area contributed by atoms with Crippen molar-refractivity contribution < 1.29 is 0 Å². The molecule has 1 saturated carbocycles. The van der Waals surface area contributed by atoms with E-state index >= 15 is 0 Å². The molecule has 0 heterocycles. The van der Waals surface area contributed by atoms with Crippen LogP contribution in [0.2, 0.25) is 0 Å². The Morgan fingerprint density at radius 1 is 1.43 bits per heavy atom. The molecular weight excluding hydrogens is 190 g/mol. The lowest BCUT2D eigenvalue weighted by Gasteiger charge is -2.48. The fraction of sp³-hybridized carbons (Fsp3) is 0.917. The Kier molecular flexibility index (Phi) is 3.53. The average Bonchev–Trinajstić information content (AvgIpc) is 2.01. The molecule has 0 aliphatic heterocycles. The second-order valence-electron chi connectivity index (χ2n) is 5.43. The van der Waals surface area contributed by atoms with Gasteiger partial charge in [-0.3, -0.25) is 0 Å². The van der Waals surface area contributed by atoms with Gasteiger partial charge < -0.3 is 0 Å². The zero-order chi connectivity index (χ0) is 10.8. The van der Waals surface area contributed by atoms with E-state index in [-0.39, 0.29) is 4.75 Å². The zero-order valence-electron chi connectivity index (χ0n) is 9.76. The Balaban J connectivity index is 2.46. The summed E-state index contributed by atoms with van der Waals surface area (Å²) in [5.74, 6) is 1.87. The molecule has 0 unspecified atom stereocenters. The first kappa shape index (κ1) is 11.9. The molecule has 1 aliphatic rings. The van der Waals surface area contributed by atoms with Crippen LogP contribution in [0, 0.1) is 22.7 Å². The van der Waals surface area contributed by atoms with Crippen molar-refractivity contribution in [3.05, 3.63) is 0 Å². The summed E-state index contributed by atoms with van der Waals surface area (Å²) in [6.45, 7) is 9.02. The van der Waals surface area contributed by atoms with Gasteiger partial charge in [0.15, 0.2) is 0 Å². The van der Waals surface area contributed by atoms with Gasteiger partial charge in [-0.1, -0.05) is 27.7 Å². The number of hydrogen-bond donors (Lipinski definition) is 0. The van der Waals surface area contributed by atoms with E-state index in [1.807, 2.05) is 11.8 Å². The van der Waals surface area contributed by atoms with Gasteiger partial charge >= 0.3 is 0 Å². The summed E-state index contributed by atoms with van der Waals surface area (Å²) in [6, 6.07) is 2.51. The first-order chi connectivity index (χ1) is 6.43. The summed E-state index contributed by atoms with van der Waals surface area (Å²) in [6.07, 6.45) is 3.36. The van der Waals surface area contributed by atoms with Crippen LogP contribution in [0.15, 0.2) is 0 Å². The van der Waals surface area contributed by atoms with E-state index in [4.69, 9.17) is 0 Å². The van der Waals surface area contributed by atoms with E-state index in [0.717, 1.165) is 24.5 Å². The van der Waals surface area contributed by atoms with Gasteiger partial charge in [0.05, 0.1) is 6.07 Å². The van der Waals surface area contributed by atoms with Crippen LogP contribution < -0.4 is 0 Å². The Hall–Kier alpha value is -0.160. The lowest BCUT2D eigenvalue weighted by molar-refractivity contribution is 0.122. The predicted octanol–water partition coefficient (Wildman–Crippen LogP) is 3.85. The maximum Gasteiger partial charge on any atom is 0.103 e. The van der Waals surface area contributed by atoms with Crippen molar-refractivity contribution in [3.63, 3.8) is 0 Å². The largest absolute Gasteiger partial charge is 0.197 e. The van der Waals surface area contributed by atoms with Gasteiger partial charge in [-0.2, -0.15) is 5.26 Å². The summed E-state index contributed by atoms with van der Waals surface area (Å²) in [5, 5.41) is 9.18. The molecule has 0 atom stereocenters. The summed E-state index contributed by atoms with van der Waals surface area (Å²) < 4.78 is -0.0338. The van der Waals surface area contributed by atoms with Gasteiger partial charge in [0, 0.05) is 0 Å². The van der Waals surface area contributed by atoms with E-state index in [1.54, 1.807) is 0 Å². The highest BCUT2D eigenvalue weighted by Gasteiger charge is 2.49. The van der Waals surface area contributed by atoms with Crippen LogP contribution >= 0.6 is 11.8 Å². The van der Waals surface area contributed by atoms with Gasteiger partial charge in [0.25, 0.3) is 0 Å². The molecule has 0 amide bonds. The number of rotatable bonds is 3. The Morgan fingerprint density at radius 2 is 2.00 bits per heavy atom. The molecule has 2 heteroatoms. The van der Waals surface area contributed by atoms with Crippen LogP contribution in [0.4, 0.5) is 0 Å². The second-order valence-corrected chi connectivity index (χ2v) is 6.90. The van der Waals surface area contributed by atoms with Crippen molar-refractivity contribution in [1.29, 1.82) is 5.26 Å². The van der Waals surface area contributed by atoms with Crippen molar-refractivity contribution in [2.24, 2.45) is 11.3 Å². The summed E-state index contributed by atoms with van der Waals surface area (Å²) in [5.41, 5.74) is 0.382. The van der Waals surface area contributed by atoms with Crippen LogP contribution in [0.1, 0.15) is 47.0 Å². The average molecular weight is 211 g/mol. The molecule has 14 heavy (non-hydrogen) atoms. The van der Waals surface area contributed by atoms with E-state index in [0.29, 0.717) is 5.41 Å². The van der Waals surface area contributed by atoms with Crippen LogP contribution in [0.25, 0.3) is 0 Å². The molecular formula is C12H21NS. The first-order valence-electron chi connectivity index (χ1n) is 5.49. The molecule has 1 fully saturated rings. The van der Waals surface area contributed by atoms with Crippen molar-refractivity contribution in [2.45, 2.75) is 51.7 Å². The molecule has 80 valence electrons. The molecule has 1 aliphatic carbocycles. The summed E-state index contributed by atoms with van der Waals surface area (Å²) in [4.78, 5) is 0. The Morgan fingerprint density at radius 3 is 2.36 bits per heavy atom. The van der Waals surface area contributed by atoms with Gasteiger partial charge in [-0.25, -0.2) is 0 Å². The SMILES string of the molecule is CCCSC1(C#N)CC(C(C)(C)C)C1. The Bertz CT molecular complexity index is 228. The molecule has 0 spiro atoms. The Labute approximate surface area is 92.3 Å². The topological polar surface area (TPSA) is 23.8 Å². The van der Waals surface area contributed by atoms with Gasteiger partial charge in [-0.05, 0) is 36.3 Å². The quantitative estimate of drug-likeness (QED) is 0.708. The molecule has 1 rings (SSSR count). The third kappa shape index (κ3) is 2.45. The number of hydrogen-bond acceptors (Lipinski definition) is 2. The van der Waals surface area contributed by atoms with Crippen LogP contribution in [0.3, 0.4) is 0 Å². The van der Waals surface area contributed by atoms with Gasteiger partial charge in [-0.15, -0.1) is 11.8 Å². The monoisotopic (exact) mass is 211 g/mol. The van der Waals surface area contributed by atoms with Crippen molar-refractivity contribution in [3.8, 4) is 6.07 Å². The minimum Gasteiger partial charge on any atom is -0.197 e. The molecule has 0 saturated heterocycles. The number of nitrogens with zero attached hydrogens (tertiary/aromatic N) is 1. The minimum absolute atomic E-state index is 0.0338. The van der Waals surface area contributed by atoms with Crippen molar-refractivity contribution in [1.82, 2.24) is 0 Å². The highest BCUT2D eigenvalue weighted by Crippen LogP contribution is 2.54. The number of thioether (sulfide) groups is 1. The molecule has 0 N–H and O–H groups in total. The third-order valence-electron chi connectivity index (χ3n) is 3.16. The smallest absolute Gasteiger partial charge is 0.103 e. The molecule has 0 radical (unpaired) electrons.